The van der Waals surface area contributed by atoms with Crippen molar-refractivity contribution >= 4 is 9.84 Å². The Balaban J connectivity index is 2.86. The molecule has 74 valence electrons. The van der Waals surface area contributed by atoms with E-state index in [0.29, 0.717) is 5.82 Å². The molecule has 1 aromatic heterocycles. The van der Waals surface area contributed by atoms with Gasteiger partial charge >= 0.3 is 0 Å². The molecule has 0 amide bonds. The van der Waals surface area contributed by atoms with Gasteiger partial charge in [0.2, 0.25) is 0 Å². The largest absolute Gasteiger partial charge is 0.334 e. The average molecular weight is 202 g/mol. The van der Waals surface area contributed by atoms with Crippen LogP contribution in [0.5, 0.6) is 0 Å². The highest BCUT2D eigenvalue weighted by molar-refractivity contribution is 7.90. The van der Waals surface area contributed by atoms with Crippen molar-refractivity contribution in [3.8, 4) is 0 Å². The van der Waals surface area contributed by atoms with Gasteiger partial charge in [-0.3, -0.25) is 0 Å². The van der Waals surface area contributed by atoms with Crippen LogP contribution in [0.3, 0.4) is 0 Å². The summed E-state index contributed by atoms with van der Waals surface area (Å²) in [4.78, 5) is 4.00. The zero-order valence-corrected chi connectivity index (χ0v) is 8.71. The lowest BCUT2D eigenvalue weighted by Crippen LogP contribution is -2.11. The molecule has 0 spiro atoms. The lowest BCUT2D eigenvalue weighted by Gasteiger charge is -2.03. The first-order valence-corrected chi connectivity index (χ1v) is 6.11. The maximum absolute atomic E-state index is 11.3. The predicted molar refractivity (Wildman–Crippen MR) is 51.1 cm³/mol. The lowest BCUT2D eigenvalue weighted by molar-refractivity contribution is 0.592. The molecule has 0 unspecified atom stereocenters. The summed E-state index contributed by atoms with van der Waals surface area (Å²) in [5, 5.41) is 0. The molecule has 0 atom stereocenters. The van der Waals surface area contributed by atoms with E-state index in [1.165, 1.54) is 0 Å². The van der Waals surface area contributed by atoms with Crippen molar-refractivity contribution in [1.82, 2.24) is 9.55 Å². The second kappa shape index (κ2) is 3.91. The van der Waals surface area contributed by atoms with E-state index in [1.807, 2.05) is 11.5 Å². The molecular formula is C8H14N2O2S. The van der Waals surface area contributed by atoms with Crippen molar-refractivity contribution in [2.75, 3.05) is 5.75 Å². The van der Waals surface area contributed by atoms with E-state index in [1.54, 1.807) is 19.3 Å². The van der Waals surface area contributed by atoms with Crippen LogP contribution in [0.25, 0.3) is 0 Å². The van der Waals surface area contributed by atoms with E-state index in [0.717, 1.165) is 6.54 Å². The first kappa shape index (κ1) is 10.2. The fraction of sp³-hybridized carbons (Fsp3) is 0.625. The summed E-state index contributed by atoms with van der Waals surface area (Å²) in [6.45, 7) is 4.37. The standard InChI is InChI=1S/C8H14N2O2S/c1-3-10-6-5-9-8(10)7-13(11,12)4-2/h5-6H,3-4,7H2,1-2H3. The minimum absolute atomic E-state index is 0.0460. The Morgan fingerprint density at radius 3 is 2.69 bits per heavy atom. The molecule has 13 heavy (non-hydrogen) atoms. The van der Waals surface area contributed by atoms with Gasteiger partial charge in [0.05, 0.1) is 0 Å². The number of aromatic nitrogens is 2. The monoisotopic (exact) mass is 202 g/mol. The third-order valence-corrected chi connectivity index (χ3v) is 3.51. The molecule has 1 heterocycles. The molecule has 0 aliphatic carbocycles. The van der Waals surface area contributed by atoms with Crippen LogP contribution in [0.4, 0.5) is 0 Å². The Bertz CT molecular complexity index is 367. The topological polar surface area (TPSA) is 52.0 Å². The molecule has 0 fully saturated rings. The molecular weight excluding hydrogens is 188 g/mol. The molecule has 0 N–H and O–H groups in total. The summed E-state index contributed by atoms with van der Waals surface area (Å²) in [5.41, 5.74) is 0. The van der Waals surface area contributed by atoms with Crippen molar-refractivity contribution in [1.29, 1.82) is 0 Å². The summed E-state index contributed by atoms with van der Waals surface area (Å²) < 4.78 is 24.4. The smallest absolute Gasteiger partial charge is 0.157 e. The molecule has 0 saturated carbocycles. The Hall–Kier alpha value is -0.840. The molecule has 0 aliphatic heterocycles. The molecule has 5 heteroatoms. The van der Waals surface area contributed by atoms with Gasteiger partial charge in [0.15, 0.2) is 9.84 Å². The minimum Gasteiger partial charge on any atom is -0.334 e. The predicted octanol–water partition coefficient (Wildman–Crippen LogP) is 0.838. The van der Waals surface area contributed by atoms with E-state index in [4.69, 9.17) is 0 Å². The minimum atomic E-state index is -2.96. The highest BCUT2D eigenvalue weighted by atomic mass is 32.2. The average Bonchev–Trinajstić information content (AvgIpc) is 2.51. The van der Waals surface area contributed by atoms with Crippen molar-refractivity contribution in [2.24, 2.45) is 0 Å². The Kier molecular flexibility index (Phi) is 3.08. The Morgan fingerprint density at radius 1 is 1.46 bits per heavy atom. The molecule has 0 aromatic carbocycles. The van der Waals surface area contributed by atoms with Gasteiger partial charge in [-0.05, 0) is 6.92 Å². The number of imidazole rings is 1. The molecule has 0 radical (unpaired) electrons. The normalized spacial score (nSPS) is 11.8. The van der Waals surface area contributed by atoms with Gasteiger partial charge in [-0.25, -0.2) is 13.4 Å². The number of rotatable bonds is 4. The quantitative estimate of drug-likeness (QED) is 0.727. The summed E-state index contributed by atoms with van der Waals surface area (Å²) in [6, 6.07) is 0. The number of nitrogens with zero attached hydrogens (tertiary/aromatic N) is 2. The van der Waals surface area contributed by atoms with Crippen molar-refractivity contribution in [3.05, 3.63) is 18.2 Å². The summed E-state index contributed by atoms with van der Waals surface area (Å²) in [5.74, 6) is 0.845. The van der Waals surface area contributed by atoms with Crippen LogP contribution >= 0.6 is 0 Å². The lowest BCUT2D eigenvalue weighted by atomic mass is 10.6. The van der Waals surface area contributed by atoms with E-state index in [2.05, 4.69) is 4.98 Å². The summed E-state index contributed by atoms with van der Waals surface area (Å²) in [7, 11) is -2.96. The molecule has 1 rings (SSSR count). The van der Waals surface area contributed by atoms with Gasteiger partial charge in [0.25, 0.3) is 0 Å². The van der Waals surface area contributed by atoms with E-state index < -0.39 is 9.84 Å². The molecule has 1 aromatic rings. The highest BCUT2D eigenvalue weighted by Gasteiger charge is 2.12. The first-order valence-electron chi connectivity index (χ1n) is 4.29. The third-order valence-electron chi connectivity index (χ3n) is 1.93. The van der Waals surface area contributed by atoms with E-state index >= 15 is 0 Å². The second-order valence-electron chi connectivity index (χ2n) is 2.81. The molecule has 0 aliphatic rings. The van der Waals surface area contributed by atoms with Crippen LogP contribution in [0.1, 0.15) is 19.7 Å². The van der Waals surface area contributed by atoms with Gasteiger partial charge in [-0.2, -0.15) is 0 Å². The highest BCUT2D eigenvalue weighted by Crippen LogP contribution is 2.04. The molecule has 0 saturated heterocycles. The first-order chi connectivity index (χ1) is 6.09. The molecule has 0 bridgehead atoms. The number of hydrogen-bond acceptors (Lipinski definition) is 3. The van der Waals surface area contributed by atoms with Crippen LogP contribution in [-0.2, 0) is 22.1 Å². The summed E-state index contributed by atoms with van der Waals surface area (Å²) >= 11 is 0. The van der Waals surface area contributed by atoms with Crippen LogP contribution in [0.2, 0.25) is 0 Å². The number of hydrogen-bond donors (Lipinski definition) is 0. The van der Waals surface area contributed by atoms with Crippen molar-refractivity contribution in [2.45, 2.75) is 26.1 Å². The maximum Gasteiger partial charge on any atom is 0.157 e. The van der Waals surface area contributed by atoms with E-state index in [9.17, 15) is 8.42 Å². The Labute approximate surface area is 78.5 Å². The van der Waals surface area contributed by atoms with Gasteiger partial charge in [-0.1, -0.05) is 6.92 Å². The van der Waals surface area contributed by atoms with Crippen LogP contribution in [0, 0.1) is 0 Å². The second-order valence-corrected chi connectivity index (χ2v) is 5.16. The zero-order valence-electron chi connectivity index (χ0n) is 7.90. The van der Waals surface area contributed by atoms with Crippen LogP contribution in [0.15, 0.2) is 12.4 Å². The fourth-order valence-corrected chi connectivity index (χ4v) is 1.90. The van der Waals surface area contributed by atoms with Gasteiger partial charge in [0.1, 0.15) is 11.6 Å². The third kappa shape index (κ3) is 2.55. The summed E-state index contributed by atoms with van der Waals surface area (Å²) in [6.07, 6.45) is 3.42. The zero-order chi connectivity index (χ0) is 9.90. The number of aryl methyl sites for hydroxylation is 1. The van der Waals surface area contributed by atoms with Gasteiger partial charge < -0.3 is 4.57 Å². The fourth-order valence-electron chi connectivity index (χ4n) is 1.07. The van der Waals surface area contributed by atoms with Crippen LogP contribution < -0.4 is 0 Å². The van der Waals surface area contributed by atoms with Crippen molar-refractivity contribution < 1.29 is 8.42 Å². The molecule has 4 nitrogen and oxygen atoms in total. The SMILES string of the molecule is CCn1ccnc1CS(=O)(=O)CC. The Morgan fingerprint density at radius 2 is 2.15 bits per heavy atom. The van der Waals surface area contributed by atoms with Crippen molar-refractivity contribution in [3.63, 3.8) is 0 Å². The number of sulfone groups is 1. The van der Waals surface area contributed by atoms with Crippen LogP contribution in [-0.4, -0.2) is 23.7 Å². The van der Waals surface area contributed by atoms with E-state index in [-0.39, 0.29) is 11.5 Å². The van der Waals surface area contributed by atoms with Gasteiger partial charge in [0, 0.05) is 24.7 Å². The maximum atomic E-state index is 11.3. The van der Waals surface area contributed by atoms with Gasteiger partial charge in [-0.15, -0.1) is 0 Å².